The first-order valence-electron chi connectivity index (χ1n) is 12.8. The standard InChI is InChI=1S/C13H17ClN2O3.C13H15ClN2O2/c14-9-3-11-10(15-5-9)4-13(7-17,8-18)12-6-19-2-1-16(11)12;14-9-3-11-10(15-5-9)4-13(7-18-8-13)12-6-17-2-1-16(11)12/h3,5,12,17-18H,1-2,4,6-8H2;3,5,12H,1-2,4,6-8H2. The fraction of sp³-hybridized carbons (Fsp3) is 0.615. The molecule has 2 aromatic heterocycles. The quantitative estimate of drug-likeness (QED) is 0.581. The van der Waals surface area contributed by atoms with E-state index in [0.717, 1.165) is 63.0 Å². The van der Waals surface area contributed by atoms with E-state index in [1.165, 1.54) is 5.69 Å². The van der Waals surface area contributed by atoms with Gasteiger partial charge in [0.2, 0.25) is 0 Å². The van der Waals surface area contributed by atoms with Gasteiger partial charge in [0.25, 0.3) is 0 Å². The van der Waals surface area contributed by atoms with Gasteiger partial charge in [0.1, 0.15) is 0 Å². The number of rotatable bonds is 2. The van der Waals surface area contributed by atoms with Gasteiger partial charge in [-0.25, -0.2) is 0 Å². The molecule has 1 spiro atoms. The number of halogens is 2. The van der Waals surface area contributed by atoms with Crippen LogP contribution in [0.5, 0.6) is 0 Å². The van der Waals surface area contributed by atoms with E-state index in [2.05, 4.69) is 19.8 Å². The Bertz CT molecular complexity index is 1150. The Morgan fingerprint density at radius 1 is 0.811 bits per heavy atom. The Balaban J connectivity index is 0.000000136. The highest BCUT2D eigenvalue weighted by atomic mass is 35.5. The number of aliphatic hydroxyl groups excluding tert-OH is 2. The van der Waals surface area contributed by atoms with Crippen molar-refractivity contribution in [3.63, 3.8) is 0 Å². The smallest absolute Gasteiger partial charge is 0.0678 e. The lowest BCUT2D eigenvalue weighted by atomic mass is 9.71. The van der Waals surface area contributed by atoms with Gasteiger partial charge in [-0.1, -0.05) is 23.2 Å². The van der Waals surface area contributed by atoms with Crippen LogP contribution >= 0.6 is 23.2 Å². The van der Waals surface area contributed by atoms with E-state index in [-0.39, 0.29) is 24.7 Å². The van der Waals surface area contributed by atoms with Crippen LogP contribution in [0.2, 0.25) is 10.0 Å². The molecule has 0 aliphatic carbocycles. The Labute approximate surface area is 226 Å². The molecule has 200 valence electrons. The van der Waals surface area contributed by atoms with Crippen LogP contribution in [0.15, 0.2) is 24.5 Å². The zero-order valence-electron chi connectivity index (χ0n) is 20.6. The number of hydrogen-bond donors (Lipinski definition) is 2. The largest absolute Gasteiger partial charge is 0.396 e. The van der Waals surface area contributed by atoms with Gasteiger partial charge in [-0.2, -0.15) is 0 Å². The van der Waals surface area contributed by atoms with Crippen molar-refractivity contribution in [1.29, 1.82) is 0 Å². The summed E-state index contributed by atoms with van der Waals surface area (Å²) in [4.78, 5) is 13.5. The summed E-state index contributed by atoms with van der Waals surface area (Å²) >= 11 is 12.1. The van der Waals surface area contributed by atoms with Gasteiger partial charge in [0.05, 0.1) is 97.7 Å². The minimum Gasteiger partial charge on any atom is -0.396 e. The third-order valence-corrected chi connectivity index (χ3v) is 8.98. The second kappa shape index (κ2) is 10.1. The van der Waals surface area contributed by atoms with E-state index >= 15 is 0 Å². The highest BCUT2D eigenvalue weighted by Gasteiger charge is 2.53. The predicted molar refractivity (Wildman–Crippen MR) is 140 cm³/mol. The van der Waals surface area contributed by atoms with Gasteiger partial charge in [0, 0.05) is 49.2 Å². The summed E-state index contributed by atoms with van der Waals surface area (Å²) in [5.41, 5.74) is 3.82. The second-order valence-electron chi connectivity index (χ2n) is 10.7. The number of nitrogens with zero attached hydrogens (tertiary/aromatic N) is 4. The van der Waals surface area contributed by atoms with Crippen LogP contribution in [0, 0.1) is 10.8 Å². The van der Waals surface area contributed by atoms with Gasteiger partial charge in [-0.15, -0.1) is 0 Å². The summed E-state index contributed by atoms with van der Waals surface area (Å²) in [6.07, 6.45) is 4.87. The zero-order chi connectivity index (χ0) is 25.6. The molecule has 37 heavy (non-hydrogen) atoms. The van der Waals surface area contributed by atoms with Gasteiger partial charge < -0.3 is 34.2 Å². The SMILES string of the molecule is Clc1cnc2c(c1)N1CCOCC1C1(COC1)C2.OCC1(CO)Cc2ncc(Cl)cc2N2CCOCC21. The molecule has 11 heteroatoms. The molecule has 0 amide bonds. The summed E-state index contributed by atoms with van der Waals surface area (Å²) in [5.74, 6) is 0. The van der Waals surface area contributed by atoms with Crippen LogP contribution in [0.1, 0.15) is 11.4 Å². The Morgan fingerprint density at radius 2 is 1.35 bits per heavy atom. The molecule has 2 unspecified atom stereocenters. The Kier molecular flexibility index (Phi) is 6.98. The minimum absolute atomic E-state index is 0.0379. The lowest BCUT2D eigenvalue weighted by molar-refractivity contribution is -0.146. The van der Waals surface area contributed by atoms with E-state index < -0.39 is 5.41 Å². The van der Waals surface area contributed by atoms with E-state index in [0.29, 0.717) is 35.7 Å². The molecule has 2 atom stereocenters. The molecule has 5 aliphatic heterocycles. The Hall–Kier alpha value is -1.72. The van der Waals surface area contributed by atoms with E-state index in [1.807, 2.05) is 12.1 Å². The normalized spacial score (nSPS) is 26.6. The highest BCUT2D eigenvalue weighted by Crippen LogP contribution is 2.46. The third-order valence-electron chi connectivity index (χ3n) is 8.57. The second-order valence-corrected chi connectivity index (χ2v) is 11.6. The van der Waals surface area contributed by atoms with Gasteiger partial charge in [-0.3, -0.25) is 9.97 Å². The van der Waals surface area contributed by atoms with Gasteiger partial charge in [-0.05, 0) is 12.1 Å². The molecule has 3 fully saturated rings. The van der Waals surface area contributed by atoms with Crippen LogP contribution in [-0.2, 0) is 27.1 Å². The molecule has 0 saturated carbocycles. The van der Waals surface area contributed by atoms with Crippen molar-refractivity contribution in [2.24, 2.45) is 10.8 Å². The summed E-state index contributed by atoms with van der Waals surface area (Å²) < 4.78 is 16.7. The molecule has 3 saturated heterocycles. The summed E-state index contributed by atoms with van der Waals surface area (Å²) in [5, 5.41) is 20.8. The van der Waals surface area contributed by atoms with Crippen molar-refractivity contribution in [3.8, 4) is 0 Å². The maximum absolute atomic E-state index is 9.76. The van der Waals surface area contributed by atoms with Gasteiger partial charge >= 0.3 is 0 Å². The first-order valence-corrected chi connectivity index (χ1v) is 13.5. The summed E-state index contributed by atoms with van der Waals surface area (Å²) in [6.45, 7) is 5.82. The molecule has 9 nitrogen and oxygen atoms in total. The van der Waals surface area contributed by atoms with Crippen molar-refractivity contribution in [2.45, 2.75) is 24.9 Å². The number of fused-ring (bicyclic) bond motifs is 7. The molecule has 7 rings (SSSR count). The number of morpholine rings is 2. The maximum atomic E-state index is 9.76. The molecule has 7 heterocycles. The first-order chi connectivity index (χ1) is 18.0. The number of pyridine rings is 2. The fourth-order valence-corrected chi connectivity index (χ4v) is 6.72. The average Bonchev–Trinajstić information content (AvgIpc) is 2.92. The van der Waals surface area contributed by atoms with Crippen LogP contribution in [0.25, 0.3) is 0 Å². The highest BCUT2D eigenvalue weighted by molar-refractivity contribution is 6.31. The summed E-state index contributed by atoms with van der Waals surface area (Å²) in [6, 6.07) is 4.31. The van der Waals surface area contributed by atoms with Gasteiger partial charge in [0.15, 0.2) is 0 Å². The molecule has 2 N–H and O–H groups in total. The number of aliphatic hydroxyl groups is 2. The minimum atomic E-state index is -0.603. The number of ether oxygens (including phenoxy) is 3. The van der Waals surface area contributed by atoms with Crippen molar-refractivity contribution < 1.29 is 24.4 Å². The van der Waals surface area contributed by atoms with E-state index in [4.69, 9.17) is 37.4 Å². The molecular formula is C26H32Cl2N4O5. The van der Waals surface area contributed by atoms with Crippen LogP contribution < -0.4 is 9.80 Å². The maximum Gasteiger partial charge on any atom is 0.0678 e. The summed E-state index contributed by atoms with van der Waals surface area (Å²) in [7, 11) is 0. The van der Waals surface area contributed by atoms with Crippen LogP contribution in [-0.4, -0.2) is 98.2 Å². The Morgan fingerprint density at radius 3 is 1.89 bits per heavy atom. The van der Waals surface area contributed by atoms with Crippen LogP contribution in [0.4, 0.5) is 11.4 Å². The van der Waals surface area contributed by atoms with Crippen molar-refractivity contribution in [1.82, 2.24) is 9.97 Å². The predicted octanol–water partition coefficient (Wildman–Crippen LogP) is 1.98. The topological polar surface area (TPSA) is 100 Å². The first kappa shape index (κ1) is 25.6. The zero-order valence-corrected chi connectivity index (χ0v) is 22.1. The molecule has 5 aliphatic rings. The molecule has 0 radical (unpaired) electrons. The van der Waals surface area contributed by atoms with Crippen LogP contribution in [0.3, 0.4) is 0 Å². The lowest BCUT2D eigenvalue weighted by Crippen LogP contribution is -2.65. The van der Waals surface area contributed by atoms with Crippen molar-refractivity contribution in [2.75, 3.05) is 75.7 Å². The third kappa shape index (κ3) is 4.38. The van der Waals surface area contributed by atoms with E-state index in [9.17, 15) is 10.2 Å². The average molecular weight is 551 g/mol. The number of anilines is 2. The lowest BCUT2D eigenvalue weighted by Gasteiger charge is -2.56. The van der Waals surface area contributed by atoms with Crippen molar-refractivity contribution >= 4 is 34.6 Å². The van der Waals surface area contributed by atoms with E-state index in [1.54, 1.807) is 12.4 Å². The van der Waals surface area contributed by atoms with Crippen molar-refractivity contribution in [3.05, 3.63) is 46.0 Å². The fourth-order valence-electron chi connectivity index (χ4n) is 6.42. The molecule has 0 aromatic carbocycles. The number of hydrogen-bond acceptors (Lipinski definition) is 9. The molecular weight excluding hydrogens is 519 g/mol. The molecule has 0 bridgehead atoms. The monoisotopic (exact) mass is 550 g/mol. The molecule has 2 aromatic rings. The number of aromatic nitrogens is 2.